The number of hydrogen-bond donors (Lipinski definition) is 2. The van der Waals surface area contributed by atoms with E-state index in [4.69, 9.17) is 43.6 Å². The van der Waals surface area contributed by atoms with E-state index in [1.807, 2.05) is 0 Å². The third-order valence-electron chi connectivity index (χ3n) is 5.05. The van der Waals surface area contributed by atoms with Crippen LogP contribution < -0.4 is 15.2 Å². The van der Waals surface area contributed by atoms with E-state index < -0.39 is 61.2 Å². The number of nitrogens with two attached hydrogens (primary N) is 1. The number of aliphatic hydroxyl groups excluding tert-OH is 1. The topological polar surface area (TPSA) is 188 Å². The van der Waals surface area contributed by atoms with E-state index in [0.29, 0.717) is 24.5 Å². The van der Waals surface area contributed by atoms with Crippen molar-refractivity contribution in [2.75, 3.05) is 33.5 Å². The summed E-state index contributed by atoms with van der Waals surface area (Å²) in [5.41, 5.74) is 5.67. The average Bonchev–Trinajstić information content (AvgIpc) is 2.86. The number of carbonyl (C=O) groups is 4. The second kappa shape index (κ2) is 15.1. The minimum Gasteiger partial charge on any atom is -0.491 e. The Balaban J connectivity index is 2.44. The number of rotatable bonds is 13. The van der Waals surface area contributed by atoms with Crippen LogP contribution in [0.3, 0.4) is 0 Å². The van der Waals surface area contributed by atoms with Gasteiger partial charge in [0, 0.05) is 38.9 Å². The van der Waals surface area contributed by atoms with Crippen molar-refractivity contribution in [3.8, 4) is 11.5 Å². The molecule has 1 aromatic carbocycles. The van der Waals surface area contributed by atoms with Gasteiger partial charge in [0.15, 0.2) is 18.3 Å². The zero-order chi connectivity index (χ0) is 28.2. The molecule has 0 radical (unpaired) electrons. The van der Waals surface area contributed by atoms with Crippen LogP contribution in [0.15, 0.2) is 18.2 Å². The molecule has 0 bridgehead atoms. The van der Waals surface area contributed by atoms with Crippen LogP contribution in [0.25, 0.3) is 0 Å². The first-order valence-corrected chi connectivity index (χ1v) is 11.7. The smallest absolute Gasteiger partial charge is 0.339 e. The Kier molecular flexibility index (Phi) is 12.2. The first kappa shape index (κ1) is 30.8. The fourth-order valence-corrected chi connectivity index (χ4v) is 3.57. The maximum atomic E-state index is 12.6. The molecule has 14 heteroatoms. The SMILES string of the molecule is COC(=O)C1OC(Oc2cc(OCCOCCN)ccc2CO)[C@H](OC(C)=O)C(OC(C)=O)[C@@H]1OC(C)=O. The molecule has 38 heavy (non-hydrogen) atoms. The van der Waals surface area contributed by atoms with Crippen LogP contribution >= 0.6 is 0 Å². The van der Waals surface area contributed by atoms with E-state index in [9.17, 15) is 24.3 Å². The largest absolute Gasteiger partial charge is 0.491 e. The summed E-state index contributed by atoms with van der Waals surface area (Å²) in [6.45, 7) is 4.00. The number of esters is 4. The lowest BCUT2D eigenvalue weighted by Crippen LogP contribution is -2.64. The average molecular weight is 544 g/mol. The zero-order valence-electron chi connectivity index (χ0n) is 21.6. The first-order valence-electron chi connectivity index (χ1n) is 11.7. The number of methoxy groups -OCH3 is 1. The van der Waals surface area contributed by atoms with Crippen LogP contribution in [0, 0.1) is 0 Å². The molecule has 1 heterocycles. The van der Waals surface area contributed by atoms with E-state index in [0.717, 1.165) is 27.9 Å². The van der Waals surface area contributed by atoms with Crippen LogP contribution in [0.5, 0.6) is 11.5 Å². The quantitative estimate of drug-likeness (QED) is 0.186. The molecule has 1 aliphatic heterocycles. The lowest BCUT2D eigenvalue weighted by Gasteiger charge is -2.43. The molecule has 3 N–H and O–H groups in total. The molecule has 14 nitrogen and oxygen atoms in total. The molecule has 0 spiro atoms. The van der Waals surface area contributed by atoms with Crippen molar-refractivity contribution in [2.45, 2.75) is 58.1 Å². The van der Waals surface area contributed by atoms with Crippen LogP contribution in [-0.2, 0) is 54.2 Å². The van der Waals surface area contributed by atoms with Gasteiger partial charge in [-0.15, -0.1) is 0 Å². The van der Waals surface area contributed by atoms with Crippen LogP contribution in [-0.4, -0.2) is 93.2 Å². The summed E-state index contributed by atoms with van der Waals surface area (Å²) in [4.78, 5) is 48.3. The Hall–Kier alpha value is -3.46. The Bertz CT molecular complexity index is 969. The van der Waals surface area contributed by atoms with Crippen LogP contribution in [0.2, 0.25) is 0 Å². The number of carbonyl (C=O) groups excluding carboxylic acids is 4. The third-order valence-corrected chi connectivity index (χ3v) is 5.05. The van der Waals surface area contributed by atoms with Gasteiger partial charge in [0.25, 0.3) is 0 Å². The molecule has 0 aromatic heterocycles. The van der Waals surface area contributed by atoms with Crippen molar-refractivity contribution < 1.29 is 62.2 Å². The number of benzene rings is 1. The molecule has 0 amide bonds. The lowest BCUT2D eigenvalue weighted by atomic mass is 9.97. The minimum atomic E-state index is -1.62. The second-order valence-electron chi connectivity index (χ2n) is 7.97. The fraction of sp³-hybridized carbons (Fsp3) is 0.583. The molecule has 1 aliphatic rings. The summed E-state index contributed by atoms with van der Waals surface area (Å²) >= 11 is 0. The van der Waals surface area contributed by atoms with Crippen molar-refractivity contribution in [3.63, 3.8) is 0 Å². The molecule has 0 saturated carbocycles. The van der Waals surface area contributed by atoms with Gasteiger partial charge in [0.05, 0.1) is 26.9 Å². The van der Waals surface area contributed by atoms with E-state index in [-0.39, 0.29) is 19.0 Å². The second-order valence-corrected chi connectivity index (χ2v) is 7.97. The highest BCUT2D eigenvalue weighted by atomic mass is 16.7. The molecule has 1 fully saturated rings. The molecule has 3 unspecified atom stereocenters. The summed E-state index contributed by atoms with van der Waals surface area (Å²) in [6.07, 6.45) is -7.75. The van der Waals surface area contributed by atoms with Gasteiger partial charge >= 0.3 is 23.9 Å². The van der Waals surface area contributed by atoms with Gasteiger partial charge in [-0.05, 0) is 12.1 Å². The van der Waals surface area contributed by atoms with Crippen molar-refractivity contribution >= 4 is 23.9 Å². The van der Waals surface area contributed by atoms with E-state index >= 15 is 0 Å². The predicted molar refractivity (Wildman–Crippen MR) is 126 cm³/mol. The van der Waals surface area contributed by atoms with Gasteiger partial charge in [-0.2, -0.15) is 0 Å². The van der Waals surface area contributed by atoms with Crippen LogP contribution in [0.4, 0.5) is 0 Å². The standard InChI is InChI=1S/C24H33NO13/c1-13(27)34-19-20(35-14(2)28)22(36-15(3)29)24(38-21(19)23(30)31-4)37-18-11-17(6-5-16(18)12-26)33-10-9-32-8-7-25/h5-6,11,19-22,24,26H,7-10,12,25H2,1-4H3/t19-,20?,21?,22+,24?/m0/s1. The number of hydrogen-bond acceptors (Lipinski definition) is 14. The van der Waals surface area contributed by atoms with Crippen molar-refractivity contribution in [2.24, 2.45) is 5.73 Å². The summed E-state index contributed by atoms with van der Waals surface area (Å²) in [6, 6.07) is 4.55. The molecular formula is C24H33NO13. The van der Waals surface area contributed by atoms with Gasteiger partial charge in [0.2, 0.25) is 12.4 Å². The van der Waals surface area contributed by atoms with Crippen LogP contribution in [0.1, 0.15) is 26.3 Å². The van der Waals surface area contributed by atoms with Crippen molar-refractivity contribution in [1.82, 2.24) is 0 Å². The number of aliphatic hydroxyl groups is 1. The van der Waals surface area contributed by atoms with E-state index in [2.05, 4.69) is 0 Å². The van der Waals surface area contributed by atoms with E-state index in [1.54, 1.807) is 6.07 Å². The maximum absolute atomic E-state index is 12.6. The Morgan fingerprint density at radius 1 is 0.921 bits per heavy atom. The van der Waals surface area contributed by atoms with Crippen molar-refractivity contribution in [3.05, 3.63) is 23.8 Å². The molecule has 1 saturated heterocycles. The molecule has 5 atom stereocenters. The molecular weight excluding hydrogens is 510 g/mol. The monoisotopic (exact) mass is 543 g/mol. The van der Waals surface area contributed by atoms with Gasteiger partial charge in [0.1, 0.15) is 18.1 Å². The highest BCUT2D eigenvalue weighted by Gasteiger charge is 2.55. The third kappa shape index (κ3) is 8.83. The maximum Gasteiger partial charge on any atom is 0.339 e. The summed E-state index contributed by atoms with van der Waals surface area (Å²) in [5, 5.41) is 9.83. The van der Waals surface area contributed by atoms with Gasteiger partial charge in [-0.25, -0.2) is 4.79 Å². The van der Waals surface area contributed by atoms with Crippen molar-refractivity contribution in [1.29, 1.82) is 0 Å². The summed E-state index contributed by atoms with van der Waals surface area (Å²) in [5.74, 6) is -3.04. The molecule has 1 aromatic rings. The zero-order valence-corrected chi connectivity index (χ0v) is 21.6. The summed E-state index contributed by atoms with van der Waals surface area (Å²) < 4.78 is 43.2. The van der Waals surface area contributed by atoms with Gasteiger partial charge < -0.3 is 48.7 Å². The molecule has 212 valence electrons. The summed E-state index contributed by atoms with van der Waals surface area (Å²) in [7, 11) is 1.08. The fourth-order valence-electron chi connectivity index (χ4n) is 3.57. The number of ether oxygens (including phenoxy) is 8. The van der Waals surface area contributed by atoms with Gasteiger partial charge in [-0.3, -0.25) is 14.4 Å². The lowest BCUT2D eigenvalue weighted by molar-refractivity contribution is -0.282. The normalized spacial score (nSPS) is 22.6. The predicted octanol–water partition coefficient (Wildman–Crippen LogP) is -0.395. The highest BCUT2D eigenvalue weighted by Crippen LogP contribution is 2.33. The molecule has 2 rings (SSSR count). The molecule has 0 aliphatic carbocycles. The van der Waals surface area contributed by atoms with E-state index in [1.165, 1.54) is 12.1 Å². The highest BCUT2D eigenvalue weighted by molar-refractivity contribution is 5.77. The first-order chi connectivity index (χ1) is 18.1. The Labute approximate surface area is 219 Å². The minimum absolute atomic E-state index is 0.0474. The Morgan fingerprint density at radius 2 is 1.55 bits per heavy atom. The van der Waals surface area contributed by atoms with Gasteiger partial charge in [-0.1, -0.05) is 0 Å². The Morgan fingerprint density at radius 3 is 2.13 bits per heavy atom.